The number of aliphatic carboxylic acids is 1. The van der Waals surface area contributed by atoms with Gasteiger partial charge in [-0.1, -0.05) is 6.07 Å². The number of hydrogen-bond donors (Lipinski definition) is 2. The first kappa shape index (κ1) is 18.6. The van der Waals surface area contributed by atoms with E-state index in [-0.39, 0.29) is 24.4 Å². The summed E-state index contributed by atoms with van der Waals surface area (Å²) >= 11 is 0. The molecule has 0 spiro atoms. The van der Waals surface area contributed by atoms with Gasteiger partial charge in [0, 0.05) is 24.8 Å². The molecular weight excluding hydrogens is 317 g/mol. The van der Waals surface area contributed by atoms with Crippen molar-refractivity contribution in [3.8, 4) is 5.75 Å². The van der Waals surface area contributed by atoms with Crippen LogP contribution in [-0.4, -0.2) is 48.4 Å². The van der Waals surface area contributed by atoms with Crippen LogP contribution >= 0.6 is 0 Å². The third kappa shape index (κ3) is 6.45. The lowest BCUT2D eigenvalue weighted by atomic mass is 10.2. The molecule has 1 aromatic rings. The molecule has 23 heavy (non-hydrogen) atoms. The SMILES string of the molecule is Cc1c(NC(=O)N(C)CCC(=O)O)cccc1OCC(F)(F)F. The molecule has 2 N–H and O–H groups in total. The highest BCUT2D eigenvalue weighted by molar-refractivity contribution is 5.90. The maximum atomic E-state index is 12.2. The van der Waals surface area contributed by atoms with E-state index in [0.717, 1.165) is 4.90 Å². The number of halogens is 3. The Morgan fingerprint density at radius 3 is 2.57 bits per heavy atom. The molecule has 6 nitrogen and oxygen atoms in total. The van der Waals surface area contributed by atoms with Crippen LogP contribution in [0, 0.1) is 6.92 Å². The van der Waals surface area contributed by atoms with Gasteiger partial charge in [0.2, 0.25) is 0 Å². The molecule has 128 valence electrons. The maximum absolute atomic E-state index is 12.2. The van der Waals surface area contributed by atoms with Gasteiger partial charge >= 0.3 is 18.2 Å². The average Bonchev–Trinajstić information content (AvgIpc) is 2.44. The largest absolute Gasteiger partial charge is 0.484 e. The minimum Gasteiger partial charge on any atom is -0.484 e. The number of rotatable bonds is 6. The summed E-state index contributed by atoms with van der Waals surface area (Å²) in [5.74, 6) is -1.03. The molecule has 9 heteroatoms. The van der Waals surface area contributed by atoms with E-state index in [4.69, 9.17) is 9.84 Å². The smallest absolute Gasteiger partial charge is 0.422 e. The molecule has 0 radical (unpaired) electrons. The number of hydrogen-bond acceptors (Lipinski definition) is 3. The van der Waals surface area contributed by atoms with E-state index in [2.05, 4.69) is 5.32 Å². The summed E-state index contributed by atoms with van der Waals surface area (Å²) in [6.07, 6.45) is -4.67. The van der Waals surface area contributed by atoms with Crippen LogP contribution in [-0.2, 0) is 4.79 Å². The molecule has 0 fully saturated rings. The minimum absolute atomic E-state index is 0.00444. The fourth-order valence-corrected chi connectivity index (χ4v) is 1.64. The number of benzene rings is 1. The minimum atomic E-state index is -4.46. The lowest BCUT2D eigenvalue weighted by Gasteiger charge is -2.19. The van der Waals surface area contributed by atoms with Gasteiger partial charge < -0.3 is 20.1 Å². The summed E-state index contributed by atoms with van der Waals surface area (Å²) in [5.41, 5.74) is 0.633. The van der Waals surface area contributed by atoms with Crippen LogP contribution in [0.1, 0.15) is 12.0 Å². The number of carbonyl (C=O) groups is 2. The summed E-state index contributed by atoms with van der Waals surface area (Å²) < 4.78 is 41.3. The topological polar surface area (TPSA) is 78.9 Å². The number of alkyl halides is 3. The Bertz CT molecular complexity index is 576. The molecule has 1 aromatic carbocycles. The van der Waals surface area contributed by atoms with Gasteiger partial charge in [-0.15, -0.1) is 0 Å². The number of nitrogens with zero attached hydrogens (tertiary/aromatic N) is 1. The molecule has 0 aliphatic rings. The molecule has 2 amide bonds. The van der Waals surface area contributed by atoms with Crippen LogP contribution < -0.4 is 10.1 Å². The van der Waals surface area contributed by atoms with Crippen LogP contribution in [0.5, 0.6) is 5.75 Å². The third-order valence-electron chi connectivity index (χ3n) is 2.92. The Balaban J connectivity index is 2.73. The predicted octanol–water partition coefficient (Wildman–Crippen LogP) is 2.87. The molecule has 0 unspecified atom stereocenters. The van der Waals surface area contributed by atoms with Crippen molar-refractivity contribution in [3.05, 3.63) is 23.8 Å². The lowest BCUT2D eigenvalue weighted by Crippen LogP contribution is -2.33. The van der Waals surface area contributed by atoms with Gasteiger partial charge in [0.1, 0.15) is 5.75 Å². The number of nitrogens with one attached hydrogen (secondary N) is 1. The van der Waals surface area contributed by atoms with Gasteiger partial charge in [0.05, 0.1) is 6.42 Å². The number of urea groups is 1. The molecule has 0 heterocycles. The van der Waals surface area contributed by atoms with Gasteiger partial charge in [0.15, 0.2) is 6.61 Å². The number of anilines is 1. The van der Waals surface area contributed by atoms with Crippen molar-refractivity contribution in [1.29, 1.82) is 0 Å². The number of amides is 2. The normalized spacial score (nSPS) is 11.0. The Labute approximate surface area is 130 Å². The highest BCUT2D eigenvalue weighted by Gasteiger charge is 2.28. The Kier molecular flexibility index (Phi) is 6.23. The van der Waals surface area contributed by atoms with E-state index in [1.807, 2.05) is 0 Å². The van der Waals surface area contributed by atoms with Gasteiger partial charge in [-0.05, 0) is 19.1 Å². The van der Waals surface area contributed by atoms with E-state index < -0.39 is 24.8 Å². The van der Waals surface area contributed by atoms with Gasteiger partial charge in [-0.2, -0.15) is 13.2 Å². The van der Waals surface area contributed by atoms with E-state index in [1.54, 1.807) is 0 Å². The second kappa shape index (κ2) is 7.70. The van der Waals surface area contributed by atoms with Crippen LogP contribution in [0.2, 0.25) is 0 Å². The van der Waals surface area contributed by atoms with E-state index in [0.29, 0.717) is 5.56 Å². The molecular formula is C14H17F3N2O4. The maximum Gasteiger partial charge on any atom is 0.422 e. The second-order valence-electron chi connectivity index (χ2n) is 4.83. The molecule has 0 saturated carbocycles. The molecule has 0 aliphatic heterocycles. The van der Waals surface area contributed by atoms with Gasteiger partial charge in [-0.25, -0.2) is 4.79 Å². The van der Waals surface area contributed by atoms with Crippen molar-refractivity contribution in [3.63, 3.8) is 0 Å². The van der Waals surface area contributed by atoms with Crippen LogP contribution in [0.25, 0.3) is 0 Å². The highest BCUT2D eigenvalue weighted by atomic mass is 19.4. The van der Waals surface area contributed by atoms with Crippen LogP contribution in [0.15, 0.2) is 18.2 Å². The zero-order valence-electron chi connectivity index (χ0n) is 12.6. The zero-order chi connectivity index (χ0) is 17.6. The first-order chi connectivity index (χ1) is 10.6. The number of carbonyl (C=O) groups excluding carboxylic acids is 1. The average molecular weight is 334 g/mol. The third-order valence-corrected chi connectivity index (χ3v) is 2.92. The molecule has 0 aliphatic carbocycles. The standard InChI is InChI=1S/C14H17F3N2O4/c1-9-10(18-13(22)19(2)7-6-12(20)21)4-3-5-11(9)23-8-14(15,16)17/h3-5H,6-8H2,1-2H3,(H,18,22)(H,20,21). The molecule has 0 saturated heterocycles. The number of carboxylic acid groups (broad SMARTS) is 1. The van der Waals surface area contributed by atoms with Crippen molar-refractivity contribution in [1.82, 2.24) is 4.90 Å². The predicted molar refractivity (Wildman–Crippen MR) is 76.6 cm³/mol. The summed E-state index contributed by atoms with van der Waals surface area (Å²) in [5, 5.41) is 11.1. The molecule has 0 bridgehead atoms. The van der Waals surface area contributed by atoms with E-state index >= 15 is 0 Å². The first-order valence-electron chi connectivity index (χ1n) is 6.63. The van der Waals surface area contributed by atoms with Gasteiger partial charge in [0.25, 0.3) is 0 Å². The highest BCUT2D eigenvalue weighted by Crippen LogP contribution is 2.27. The zero-order valence-corrected chi connectivity index (χ0v) is 12.6. The van der Waals surface area contributed by atoms with Crippen molar-refractivity contribution in [2.45, 2.75) is 19.5 Å². The van der Waals surface area contributed by atoms with E-state index in [9.17, 15) is 22.8 Å². The molecule has 0 aromatic heterocycles. The Morgan fingerprint density at radius 2 is 2.00 bits per heavy atom. The van der Waals surface area contributed by atoms with E-state index in [1.165, 1.54) is 32.2 Å². The number of ether oxygens (including phenoxy) is 1. The fraction of sp³-hybridized carbons (Fsp3) is 0.429. The second-order valence-corrected chi connectivity index (χ2v) is 4.83. The molecule has 0 atom stereocenters. The summed E-state index contributed by atoms with van der Waals surface area (Å²) in [6.45, 7) is 0.0901. The Morgan fingerprint density at radius 1 is 1.35 bits per heavy atom. The monoisotopic (exact) mass is 334 g/mol. The summed E-state index contributed by atoms with van der Waals surface area (Å²) in [4.78, 5) is 23.5. The van der Waals surface area contributed by atoms with Crippen molar-refractivity contribution in [2.75, 3.05) is 25.5 Å². The quantitative estimate of drug-likeness (QED) is 0.838. The lowest BCUT2D eigenvalue weighted by molar-refractivity contribution is -0.153. The van der Waals surface area contributed by atoms with Gasteiger partial charge in [-0.3, -0.25) is 4.79 Å². The first-order valence-corrected chi connectivity index (χ1v) is 6.63. The van der Waals surface area contributed by atoms with Crippen molar-refractivity contribution in [2.24, 2.45) is 0 Å². The number of carboxylic acids is 1. The van der Waals surface area contributed by atoms with Crippen LogP contribution in [0.3, 0.4) is 0 Å². The summed E-state index contributed by atoms with van der Waals surface area (Å²) in [7, 11) is 1.41. The van der Waals surface area contributed by atoms with Crippen LogP contribution in [0.4, 0.5) is 23.7 Å². The fourth-order valence-electron chi connectivity index (χ4n) is 1.64. The summed E-state index contributed by atoms with van der Waals surface area (Å²) in [6, 6.07) is 3.76. The van der Waals surface area contributed by atoms with Crippen molar-refractivity contribution >= 4 is 17.7 Å². The molecule has 1 rings (SSSR count). The Hall–Kier alpha value is -2.45. The van der Waals surface area contributed by atoms with Crippen molar-refractivity contribution < 1.29 is 32.6 Å².